The first-order valence-corrected chi connectivity index (χ1v) is 7.22. The summed E-state index contributed by atoms with van der Waals surface area (Å²) in [5.74, 6) is 1.66. The summed E-state index contributed by atoms with van der Waals surface area (Å²) in [6.45, 7) is 2.67. The topological polar surface area (TPSA) is 71.2 Å². The van der Waals surface area contributed by atoms with Crippen molar-refractivity contribution in [1.82, 2.24) is 19.7 Å². The Morgan fingerprint density at radius 3 is 2.90 bits per heavy atom. The van der Waals surface area contributed by atoms with Gasteiger partial charge in [0.15, 0.2) is 11.6 Å². The normalized spacial score (nSPS) is 24.0. The van der Waals surface area contributed by atoms with E-state index in [4.69, 9.17) is 0 Å². The zero-order valence-corrected chi connectivity index (χ0v) is 11.7. The zero-order valence-electron chi connectivity index (χ0n) is 11.7. The molecule has 0 spiro atoms. The van der Waals surface area contributed by atoms with Crippen molar-refractivity contribution in [3.8, 4) is 17.1 Å². The number of fused-ring (bicyclic) bond motifs is 3. The molecular formula is C15H16N4O2. The van der Waals surface area contributed by atoms with Crippen LogP contribution in [0.25, 0.3) is 11.4 Å². The number of phenols is 1. The number of aromatic hydroxyl groups is 1. The SMILES string of the molecule is C[C@H]1C(=O)N2CCC[C@H]2c2nnc(-c3ccccc3O)n21. The fraction of sp³-hybridized carbons (Fsp3) is 0.400. The van der Waals surface area contributed by atoms with Gasteiger partial charge in [0.1, 0.15) is 11.8 Å². The lowest BCUT2D eigenvalue weighted by molar-refractivity contribution is -0.137. The summed E-state index contributed by atoms with van der Waals surface area (Å²) < 4.78 is 1.88. The van der Waals surface area contributed by atoms with Gasteiger partial charge in [-0.25, -0.2) is 0 Å². The summed E-state index contributed by atoms with van der Waals surface area (Å²) in [5.41, 5.74) is 0.613. The lowest BCUT2D eigenvalue weighted by Gasteiger charge is -2.34. The number of carbonyl (C=O) groups is 1. The molecule has 2 aromatic rings. The first kappa shape index (κ1) is 12.4. The molecule has 6 nitrogen and oxygen atoms in total. The van der Waals surface area contributed by atoms with Gasteiger partial charge < -0.3 is 10.0 Å². The van der Waals surface area contributed by atoms with Gasteiger partial charge in [-0.3, -0.25) is 9.36 Å². The summed E-state index contributed by atoms with van der Waals surface area (Å²) in [5, 5.41) is 18.6. The van der Waals surface area contributed by atoms with Crippen LogP contribution in [0.2, 0.25) is 0 Å². The standard InChI is InChI=1S/C15H16N4O2/c1-9-15(21)18-8-4-6-11(18)14-17-16-13(19(9)14)10-5-2-3-7-12(10)20/h2-3,5,7,9,11,20H,4,6,8H2,1H3/t9-,11-/m0/s1. The highest BCUT2D eigenvalue weighted by atomic mass is 16.3. The molecule has 0 radical (unpaired) electrons. The largest absolute Gasteiger partial charge is 0.507 e. The average molecular weight is 284 g/mol. The van der Waals surface area contributed by atoms with E-state index < -0.39 is 0 Å². The molecule has 4 rings (SSSR count). The van der Waals surface area contributed by atoms with Crippen LogP contribution in [-0.2, 0) is 4.79 Å². The summed E-state index contributed by atoms with van der Waals surface area (Å²) >= 11 is 0. The zero-order chi connectivity index (χ0) is 14.6. The molecule has 1 amide bonds. The predicted molar refractivity (Wildman–Crippen MR) is 75.5 cm³/mol. The highest BCUT2D eigenvalue weighted by Crippen LogP contribution is 2.41. The summed E-state index contributed by atoms with van der Waals surface area (Å²) in [7, 11) is 0. The fourth-order valence-electron chi connectivity index (χ4n) is 3.41. The molecule has 2 atom stereocenters. The van der Waals surface area contributed by atoms with Gasteiger partial charge >= 0.3 is 0 Å². The molecule has 21 heavy (non-hydrogen) atoms. The van der Waals surface area contributed by atoms with Crippen LogP contribution in [-0.4, -0.2) is 37.2 Å². The fourth-order valence-corrected chi connectivity index (χ4v) is 3.41. The van der Waals surface area contributed by atoms with E-state index in [0.717, 1.165) is 25.2 Å². The number of para-hydroxylation sites is 1. The summed E-state index contributed by atoms with van der Waals surface area (Å²) in [6, 6.07) is 6.71. The first-order chi connectivity index (χ1) is 10.2. The third-order valence-corrected chi connectivity index (χ3v) is 4.45. The molecule has 108 valence electrons. The molecule has 1 aromatic carbocycles. The summed E-state index contributed by atoms with van der Waals surface area (Å²) in [4.78, 5) is 14.4. The number of amides is 1. The van der Waals surface area contributed by atoms with Crippen LogP contribution >= 0.6 is 0 Å². The van der Waals surface area contributed by atoms with Crippen LogP contribution in [0.5, 0.6) is 5.75 Å². The Morgan fingerprint density at radius 1 is 1.29 bits per heavy atom. The minimum atomic E-state index is -0.334. The molecule has 2 aliphatic heterocycles. The van der Waals surface area contributed by atoms with E-state index in [1.165, 1.54) is 0 Å². The molecule has 3 heterocycles. The van der Waals surface area contributed by atoms with Crippen molar-refractivity contribution in [3.63, 3.8) is 0 Å². The molecule has 2 aliphatic rings. The number of nitrogens with zero attached hydrogens (tertiary/aromatic N) is 4. The van der Waals surface area contributed by atoms with Crippen LogP contribution < -0.4 is 0 Å². The third-order valence-electron chi connectivity index (χ3n) is 4.45. The molecule has 0 unspecified atom stereocenters. The van der Waals surface area contributed by atoms with Crippen molar-refractivity contribution in [3.05, 3.63) is 30.1 Å². The van der Waals surface area contributed by atoms with E-state index >= 15 is 0 Å². The Hall–Kier alpha value is -2.37. The van der Waals surface area contributed by atoms with Crippen molar-refractivity contribution in [2.75, 3.05) is 6.54 Å². The second-order valence-corrected chi connectivity index (χ2v) is 5.63. The number of phenolic OH excluding ortho intramolecular Hbond substituents is 1. The quantitative estimate of drug-likeness (QED) is 0.868. The van der Waals surface area contributed by atoms with Gasteiger partial charge in [-0.05, 0) is 31.9 Å². The van der Waals surface area contributed by atoms with Crippen molar-refractivity contribution in [1.29, 1.82) is 0 Å². The highest BCUT2D eigenvalue weighted by molar-refractivity contribution is 5.83. The van der Waals surface area contributed by atoms with Crippen molar-refractivity contribution >= 4 is 5.91 Å². The molecular weight excluding hydrogens is 268 g/mol. The molecule has 6 heteroatoms. The number of carbonyl (C=O) groups excluding carboxylic acids is 1. The Balaban J connectivity index is 1.91. The Labute approximate surface area is 122 Å². The van der Waals surface area contributed by atoms with Crippen LogP contribution in [0.3, 0.4) is 0 Å². The summed E-state index contributed by atoms with van der Waals surface area (Å²) in [6.07, 6.45) is 1.93. The van der Waals surface area contributed by atoms with Gasteiger partial charge in [-0.1, -0.05) is 12.1 Å². The van der Waals surface area contributed by atoms with Gasteiger partial charge in [0.25, 0.3) is 0 Å². The van der Waals surface area contributed by atoms with E-state index in [1.54, 1.807) is 18.2 Å². The lowest BCUT2D eigenvalue weighted by Crippen LogP contribution is -2.42. The minimum Gasteiger partial charge on any atom is -0.507 e. The number of hydrogen-bond donors (Lipinski definition) is 1. The maximum Gasteiger partial charge on any atom is 0.246 e. The maximum absolute atomic E-state index is 12.5. The van der Waals surface area contributed by atoms with Crippen LogP contribution in [0.15, 0.2) is 24.3 Å². The van der Waals surface area contributed by atoms with Gasteiger partial charge in [0.2, 0.25) is 5.91 Å². The predicted octanol–water partition coefficient (Wildman–Crippen LogP) is 1.89. The molecule has 0 bridgehead atoms. The molecule has 1 aromatic heterocycles. The third kappa shape index (κ3) is 1.62. The van der Waals surface area contributed by atoms with Crippen LogP contribution in [0.4, 0.5) is 0 Å². The smallest absolute Gasteiger partial charge is 0.246 e. The van der Waals surface area contributed by atoms with E-state index in [-0.39, 0.29) is 23.7 Å². The van der Waals surface area contributed by atoms with Crippen molar-refractivity contribution in [2.45, 2.75) is 31.8 Å². The molecule has 0 saturated carbocycles. The minimum absolute atomic E-state index is 0.0285. The van der Waals surface area contributed by atoms with Gasteiger partial charge in [-0.2, -0.15) is 0 Å². The second-order valence-electron chi connectivity index (χ2n) is 5.63. The maximum atomic E-state index is 12.5. The van der Waals surface area contributed by atoms with Crippen molar-refractivity contribution < 1.29 is 9.90 Å². The number of rotatable bonds is 1. The monoisotopic (exact) mass is 284 g/mol. The molecule has 0 aliphatic carbocycles. The first-order valence-electron chi connectivity index (χ1n) is 7.22. The van der Waals surface area contributed by atoms with Crippen LogP contribution in [0, 0.1) is 0 Å². The Morgan fingerprint density at radius 2 is 2.10 bits per heavy atom. The molecule has 1 fully saturated rings. The number of aromatic nitrogens is 3. The Kier molecular flexibility index (Phi) is 2.54. The van der Waals surface area contributed by atoms with E-state index in [9.17, 15) is 9.90 Å². The van der Waals surface area contributed by atoms with E-state index in [0.29, 0.717) is 11.4 Å². The van der Waals surface area contributed by atoms with E-state index in [1.807, 2.05) is 22.5 Å². The van der Waals surface area contributed by atoms with Gasteiger partial charge in [0, 0.05) is 6.54 Å². The van der Waals surface area contributed by atoms with Crippen LogP contribution in [0.1, 0.15) is 37.7 Å². The number of hydrogen-bond acceptors (Lipinski definition) is 4. The van der Waals surface area contributed by atoms with Gasteiger partial charge in [-0.15, -0.1) is 10.2 Å². The van der Waals surface area contributed by atoms with Gasteiger partial charge in [0.05, 0.1) is 11.6 Å². The number of benzene rings is 1. The molecule has 1 N–H and O–H groups in total. The Bertz CT molecular complexity index is 724. The average Bonchev–Trinajstić information content (AvgIpc) is 3.11. The lowest BCUT2D eigenvalue weighted by atomic mass is 10.1. The second kappa shape index (κ2) is 4.31. The van der Waals surface area contributed by atoms with Crippen molar-refractivity contribution in [2.24, 2.45) is 0 Å². The van der Waals surface area contributed by atoms with E-state index in [2.05, 4.69) is 10.2 Å². The molecule has 1 saturated heterocycles. The highest BCUT2D eigenvalue weighted by Gasteiger charge is 2.42.